The molecular weight excluding hydrogens is 466 g/mol. The molecule has 0 fully saturated rings. The van der Waals surface area contributed by atoms with Gasteiger partial charge in [-0.3, -0.25) is 19.7 Å². The quantitative estimate of drug-likeness (QED) is 0.302. The number of rotatable bonds is 10. The molecule has 1 unspecified atom stereocenters. The van der Waals surface area contributed by atoms with E-state index in [0.717, 1.165) is 0 Å². The molecule has 0 saturated heterocycles. The fraction of sp³-hybridized carbons (Fsp3) is 0.423. The number of amides is 2. The monoisotopic (exact) mass is 497 g/mol. The third-order valence-electron chi connectivity index (χ3n) is 6.09. The number of nitro groups is 1. The van der Waals surface area contributed by atoms with Crippen molar-refractivity contribution in [2.24, 2.45) is 5.92 Å². The third kappa shape index (κ3) is 5.99. The van der Waals surface area contributed by atoms with E-state index >= 15 is 0 Å². The van der Waals surface area contributed by atoms with Crippen molar-refractivity contribution in [2.75, 3.05) is 18.6 Å². The van der Waals surface area contributed by atoms with Gasteiger partial charge in [-0.15, -0.1) is 0 Å². The van der Waals surface area contributed by atoms with E-state index < -0.39 is 34.8 Å². The van der Waals surface area contributed by atoms with Crippen LogP contribution in [0.2, 0.25) is 0 Å². The Balaban J connectivity index is 1.85. The lowest BCUT2D eigenvalue weighted by Crippen LogP contribution is -2.53. The van der Waals surface area contributed by atoms with Gasteiger partial charge < -0.3 is 19.7 Å². The molecule has 2 aromatic carbocycles. The molecule has 2 aromatic rings. The molecule has 10 heteroatoms. The summed E-state index contributed by atoms with van der Waals surface area (Å²) in [4.78, 5) is 51.2. The zero-order valence-corrected chi connectivity index (χ0v) is 20.8. The highest BCUT2D eigenvalue weighted by molar-refractivity contribution is 6.01. The van der Waals surface area contributed by atoms with Gasteiger partial charge >= 0.3 is 11.7 Å². The van der Waals surface area contributed by atoms with Crippen LogP contribution in [-0.4, -0.2) is 48.5 Å². The summed E-state index contributed by atoms with van der Waals surface area (Å²) < 4.78 is 10.4. The average molecular weight is 498 g/mol. The molecule has 36 heavy (non-hydrogen) atoms. The second-order valence-electron chi connectivity index (χ2n) is 9.15. The van der Waals surface area contributed by atoms with Crippen LogP contribution in [0.3, 0.4) is 0 Å². The molecule has 1 heterocycles. The van der Waals surface area contributed by atoms with Gasteiger partial charge in [0.25, 0.3) is 0 Å². The predicted octanol–water partition coefficient (Wildman–Crippen LogP) is 3.59. The van der Waals surface area contributed by atoms with Crippen molar-refractivity contribution >= 4 is 29.2 Å². The first-order chi connectivity index (χ1) is 17.1. The fourth-order valence-electron chi connectivity index (χ4n) is 4.33. The number of hydrogen-bond acceptors (Lipinski definition) is 7. The summed E-state index contributed by atoms with van der Waals surface area (Å²) in [5, 5.41) is 14.1. The van der Waals surface area contributed by atoms with Crippen LogP contribution < -0.4 is 15.0 Å². The van der Waals surface area contributed by atoms with Crippen LogP contribution in [-0.2, 0) is 19.1 Å². The molecule has 0 aromatic heterocycles. The number of para-hydroxylation sites is 2. The molecule has 1 aliphatic heterocycles. The summed E-state index contributed by atoms with van der Waals surface area (Å²) in [5.74, 6) is -1.51. The van der Waals surface area contributed by atoms with E-state index in [-0.39, 0.29) is 36.3 Å². The second-order valence-corrected chi connectivity index (χ2v) is 9.15. The van der Waals surface area contributed by atoms with Crippen LogP contribution in [0, 0.1) is 16.0 Å². The van der Waals surface area contributed by atoms with Gasteiger partial charge in [0, 0.05) is 29.7 Å². The van der Waals surface area contributed by atoms with E-state index in [9.17, 15) is 24.5 Å². The number of carbonyl (C=O) groups excluding carboxylic acids is 3. The lowest BCUT2D eigenvalue weighted by Gasteiger charge is -2.30. The van der Waals surface area contributed by atoms with E-state index in [4.69, 9.17) is 9.47 Å². The average Bonchev–Trinajstić information content (AvgIpc) is 3.26. The zero-order valence-electron chi connectivity index (χ0n) is 20.8. The van der Waals surface area contributed by atoms with Crippen molar-refractivity contribution in [3.8, 4) is 5.75 Å². The van der Waals surface area contributed by atoms with Crippen molar-refractivity contribution < 1.29 is 28.8 Å². The standard InChI is InChI=1S/C26H31N3O7/c1-16(2)13-21(26(32)35-4)27-25(31)17(3)28(19-9-6-5-7-10-19)23(30)14-18-15-36-24-20(18)11-8-12-22(24)29(33)34/h5-12,16-18,21H,13-15H2,1-4H3,(H,27,31)/t17-,18?,21-/m0/s1. The first kappa shape index (κ1) is 26.7. The number of fused-ring (bicyclic) bond motifs is 1. The molecule has 0 spiro atoms. The van der Waals surface area contributed by atoms with Crippen molar-refractivity contribution in [3.05, 3.63) is 64.2 Å². The Morgan fingerprint density at radius 2 is 1.83 bits per heavy atom. The Morgan fingerprint density at radius 3 is 2.44 bits per heavy atom. The minimum absolute atomic E-state index is 0.0207. The van der Waals surface area contributed by atoms with Crippen molar-refractivity contribution in [3.63, 3.8) is 0 Å². The number of carbonyl (C=O) groups is 3. The molecule has 3 rings (SSSR count). The smallest absolute Gasteiger partial charge is 0.328 e. The summed E-state index contributed by atoms with van der Waals surface area (Å²) in [6.07, 6.45) is 0.368. The van der Waals surface area contributed by atoms with E-state index in [1.807, 2.05) is 13.8 Å². The minimum Gasteiger partial charge on any atom is -0.486 e. The highest BCUT2D eigenvalue weighted by atomic mass is 16.6. The first-order valence-electron chi connectivity index (χ1n) is 11.8. The number of ether oxygens (including phenoxy) is 2. The number of anilines is 1. The van der Waals surface area contributed by atoms with Gasteiger partial charge in [0.15, 0.2) is 0 Å². The van der Waals surface area contributed by atoms with E-state index in [0.29, 0.717) is 17.7 Å². The summed E-state index contributed by atoms with van der Waals surface area (Å²) in [6, 6.07) is 11.6. The molecular formula is C26H31N3O7. The molecule has 1 aliphatic rings. The van der Waals surface area contributed by atoms with Gasteiger partial charge in [-0.1, -0.05) is 44.2 Å². The fourth-order valence-corrected chi connectivity index (χ4v) is 4.33. The van der Waals surface area contributed by atoms with Gasteiger partial charge in [0.1, 0.15) is 12.1 Å². The number of nitrogens with one attached hydrogen (secondary N) is 1. The maximum Gasteiger partial charge on any atom is 0.328 e. The maximum absolute atomic E-state index is 13.6. The highest BCUT2D eigenvalue weighted by Crippen LogP contribution is 2.42. The Hall–Kier alpha value is -3.95. The Bertz CT molecular complexity index is 1120. The van der Waals surface area contributed by atoms with Gasteiger partial charge in [-0.2, -0.15) is 0 Å². The summed E-state index contributed by atoms with van der Waals surface area (Å²) in [6.45, 7) is 5.57. The Labute approximate surface area is 209 Å². The van der Waals surface area contributed by atoms with Crippen molar-refractivity contribution in [1.29, 1.82) is 0 Å². The molecule has 10 nitrogen and oxygen atoms in total. The number of nitrogens with zero attached hydrogens (tertiary/aromatic N) is 2. The Morgan fingerprint density at radius 1 is 1.14 bits per heavy atom. The number of methoxy groups -OCH3 is 1. The van der Waals surface area contributed by atoms with E-state index in [1.165, 1.54) is 18.1 Å². The molecule has 0 saturated carbocycles. The van der Waals surface area contributed by atoms with Crippen LogP contribution in [0.15, 0.2) is 48.5 Å². The topological polar surface area (TPSA) is 128 Å². The number of nitro benzene ring substituents is 1. The molecule has 0 radical (unpaired) electrons. The highest BCUT2D eigenvalue weighted by Gasteiger charge is 2.36. The molecule has 3 atom stereocenters. The van der Waals surface area contributed by atoms with Gasteiger partial charge in [-0.25, -0.2) is 4.79 Å². The lowest BCUT2D eigenvalue weighted by atomic mass is 9.96. The number of benzene rings is 2. The van der Waals surface area contributed by atoms with Gasteiger partial charge in [0.2, 0.25) is 17.6 Å². The summed E-state index contributed by atoms with van der Waals surface area (Å²) in [5.41, 5.74) is 0.960. The minimum atomic E-state index is -0.939. The third-order valence-corrected chi connectivity index (χ3v) is 6.09. The SMILES string of the molecule is COC(=O)[C@H](CC(C)C)NC(=O)[C@H](C)N(C(=O)CC1COc2c1cccc2[N+](=O)[O-])c1ccccc1. The normalized spacial score (nSPS) is 15.9. The van der Waals surface area contributed by atoms with Crippen molar-refractivity contribution in [1.82, 2.24) is 5.32 Å². The summed E-state index contributed by atoms with van der Waals surface area (Å²) in [7, 11) is 1.26. The Kier molecular flexibility index (Phi) is 8.63. The molecule has 0 bridgehead atoms. The molecule has 0 aliphatic carbocycles. The summed E-state index contributed by atoms with van der Waals surface area (Å²) >= 11 is 0. The predicted molar refractivity (Wildman–Crippen MR) is 133 cm³/mol. The molecule has 2 amide bonds. The number of esters is 1. The van der Waals surface area contributed by atoms with Crippen molar-refractivity contribution in [2.45, 2.75) is 51.6 Å². The van der Waals surface area contributed by atoms with E-state index in [2.05, 4.69) is 5.32 Å². The maximum atomic E-state index is 13.6. The van der Waals surface area contributed by atoms with Crippen LogP contribution in [0.5, 0.6) is 5.75 Å². The van der Waals surface area contributed by atoms with Crippen LogP contribution in [0.25, 0.3) is 0 Å². The molecule has 192 valence electrons. The zero-order chi connectivity index (χ0) is 26.4. The van der Waals surface area contributed by atoms with E-state index in [1.54, 1.807) is 49.4 Å². The number of hydrogen-bond donors (Lipinski definition) is 1. The van der Waals surface area contributed by atoms with Crippen LogP contribution >= 0.6 is 0 Å². The van der Waals surface area contributed by atoms with Gasteiger partial charge in [0.05, 0.1) is 18.6 Å². The first-order valence-corrected chi connectivity index (χ1v) is 11.8. The van der Waals surface area contributed by atoms with Gasteiger partial charge in [-0.05, 0) is 31.4 Å². The largest absolute Gasteiger partial charge is 0.486 e. The van der Waals surface area contributed by atoms with Crippen LogP contribution in [0.1, 0.15) is 45.1 Å². The van der Waals surface area contributed by atoms with Crippen LogP contribution in [0.4, 0.5) is 11.4 Å². The lowest BCUT2D eigenvalue weighted by molar-refractivity contribution is -0.385. The molecule has 1 N–H and O–H groups in total. The second kappa shape index (κ2) is 11.7.